The summed E-state index contributed by atoms with van der Waals surface area (Å²) in [5.41, 5.74) is 0. The van der Waals surface area contributed by atoms with Gasteiger partial charge in [-0.05, 0) is 0 Å². The zero-order valence-corrected chi connectivity index (χ0v) is 8.46. The van der Waals surface area contributed by atoms with Crippen molar-refractivity contribution in [2.75, 3.05) is 0 Å². The fraction of sp³-hybridized carbons (Fsp3) is 0.667. The normalized spacial score (nSPS) is 5.33. The summed E-state index contributed by atoms with van der Waals surface area (Å²) in [7, 11) is 0. The van der Waals surface area contributed by atoms with Gasteiger partial charge in [0.05, 0.1) is 0 Å². The molecule has 0 fully saturated rings. The molecule has 0 bridgehead atoms. The summed E-state index contributed by atoms with van der Waals surface area (Å²) in [5.74, 6) is 0. The topological polar surface area (TPSA) is 0 Å². The van der Waals surface area contributed by atoms with E-state index in [1.54, 1.807) is 0 Å². The van der Waals surface area contributed by atoms with Gasteiger partial charge in [0.1, 0.15) is 0 Å². The number of hydrogen-bond acceptors (Lipinski definition) is 0. The zero-order valence-electron chi connectivity index (χ0n) is 3.88. The standard InChI is InChI=1S/C3H7.Al.2BrH.H/c1-3-2;;;;/h1,3H2,2H3;;2*1H;/q;+2;;;/p-2. The van der Waals surface area contributed by atoms with E-state index in [2.05, 4.69) is 35.0 Å². The molecule has 0 saturated carbocycles. The first kappa shape index (κ1) is 10.5. The van der Waals surface area contributed by atoms with Crippen molar-refractivity contribution in [3.8, 4) is 0 Å². The van der Waals surface area contributed by atoms with Crippen LogP contribution in [0.2, 0.25) is 0 Å². The van der Waals surface area contributed by atoms with Crippen LogP contribution >= 0.6 is 28.1 Å². The van der Waals surface area contributed by atoms with Gasteiger partial charge in [-0.15, -0.1) is 0 Å². The first-order valence-electron chi connectivity index (χ1n) is 1.74. The molecule has 6 heavy (non-hydrogen) atoms. The molecule has 0 atom stereocenters. The average molecular weight is 231 g/mol. The van der Waals surface area contributed by atoms with Crippen LogP contribution < -0.4 is 0 Å². The van der Waals surface area contributed by atoms with Crippen LogP contribution in [0.3, 0.4) is 0 Å². The largest absolute Gasteiger partial charge is 0.435 e. The molecule has 3 heteroatoms. The lowest BCUT2D eigenvalue weighted by Crippen LogP contribution is -1.31. The zero-order chi connectivity index (χ0) is 5.41. The molecule has 0 heterocycles. The van der Waals surface area contributed by atoms with Crippen LogP contribution in [-0.2, 0) is 0 Å². The Hall–Kier alpha value is 1.49. The van der Waals surface area contributed by atoms with Gasteiger partial charge in [-0.25, -0.2) is 28.1 Å². The maximum absolute atomic E-state index is 3.49. The monoisotopic (exact) mass is 229 g/mol. The summed E-state index contributed by atoms with van der Waals surface area (Å²) < 4.78 is 0. The third-order valence-electron chi connectivity index (χ3n) is 0. The van der Waals surface area contributed by atoms with Gasteiger partial charge in [0.25, 0.3) is 0 Å². The van der Waals surface area contributed by atoms with Gasteiger partial charge in [0, 0.05) is 0 Å². The Kier molecular flexibility index (Phi) is 28.0. The van der Waals surface area contributed by atoms with E-state index in [9.17, 15) is 0 Å². The van der Waals surface area contributed by atoms with Crippen molar-refractivity contribution in [2.24, 2.45) is 0 Å². The van der Waals surface area contributed by atoms with Crippen molar-refractivity contribution in [1.82, 2.24) is 0 Å². The molecule has 0 rings (SSSR count). The molecule has 0 nitrogen and oxygen atoms in total. The van der Waals surface area contributed by atoms with Gasteiger partial charge < -0.3 is 0 Å². The molecular weight excluding hydrogens is 223 g/mol. The third kappa shape index (κ3) is 49.8. The number of hydrogen-bond donors (Lipinski definition) is 0. The van der Waals surface area contributed by atoms with Crippen LogP contribution in [0.15, 0.2) is 0 Å². The van der Waals surface area contributed by atoms with Crippen LogP contribution in [0.4, 0.5) is 0 Å². The van der Waals surface area contributed by atoms with E-state index in [-0.39, 0.29) is 11.6 Å². The first-order valence-corrected chi connectivity index (χ1v) is 9.54. The summed E-state index contributed by atoms with van der Waals surface area (Å²) >= 11 is 6.44. The highest BCUT2D eigenvalue weighted by molar-refractivity contribution is 9.47. The molecule has 0 aliphatic carbocycles. The van der Waals surface area contributed by atoms with E-state index in [0.29, 0.717) is 0 Å². The van der Waals surface area contributed by atoms with E-state index < -0.39 is 0 Å². The van der Waals surface area contributed by atoms with Gasteiger partial charge in [0.15, 0.2) is 0 Å². The van der Waals surface area contributed by atoms with E-state index in [0.717, 1.165) is 6.42 Å². The molecule has 0 aliphatic heterocycles. The first-order chi connectivity index (χ1) is 2.83. The fourth-order valence-electron chi connectivity index (χ4n) is 0. The second-order valence-electron chi connectivity index (χ2n) is 0.601. The second kappa shape index (κ2) is 16.1. The lowest BCUT2D eigenvalue weighted by atomic mass is 10.6. The van der Waals surface area contributed by atoms with Crippen molar-refractivity contribution < 1.29 is 0 Å². The van der Waals surface area contributed by atoms with Crippen LogP contribution in [0, 0.1) is 6.92 Å². The van der Waals surface area contributed by atoms with Gasteiger partial charge in [-0.2, -0.15) is 0 Å². The Morgan fingerprint density at radius 2 is 1.67 bits per heavy atom. The van der Waals surface area contributed by atoms with Crippen molar-refractivity contribution in [3.63, 3.8) is 0 Å². The maximum atomic E-state index is 3.49. The number of rotatable bonds is 0. The second-order valence-corrected chi connectivity index (χ2v) is 8.68. The molecule has 0 N–H and O–H groups in total. The average Bonchev–Trinajstić information content (AvgIpc) is 1.39. The summed E-state index contributed by atoms with van der Waals surface area (Å²) in [6.07, 6.45) is 1.00. The smallest absolute Gasteiger partial charge is 0.203 e. The van der Waals surface area contributed by atoms with Crippen molar-refractivity contribution >= 4 is 39.7 Å². The van der Waals surface area contributed by atoms with Gasteiger partial charge in [0.2, 0.25) is 0 Å². The Morgan fingerprint density at radius 1 is 1.67 bits per heavy atom. The summed E-state index contributed by atoms with van der Waals surface area (Å²) in [6.45, 7) is 5.50. The Labute approximate surface area is 59.7 Å². The van der Waals surface area contributed by atoms with E-state index >= 15 is 0 Å². The molecule has 0 aromatic heterocycles. The molecule has 0 unspecified atom stereocenters. The lowest BCUT2D eigenvalue weighted by molar-refractivity contribution is 1.23. The minimum absolute atomic E-state index is 0.0417. The molecule has 0 spiro atoms. The Morgan fingerprint density at radius 3 is 1.67 bits per heavy atom. The molecular formula is C3H8AlBr2. The SMILES string of the molecule is [Br][AlH][Br].[CH2]CC. The van der Waals surface area contributed by atoms with Crippen LogP contribution in [0.25, 0.3) is 0 Å². The van der Waals surface area contributed by atoms with Crippen LogP contribution in [0.1, 0.15) is 13.3 Å². The van der Waals surface area contributed by atoms with Crippen molar-refractivity contribution in [1.29, 1.82) is 0 Å². The Balaban J connectivity index is 0. The highest BCUT2D eigenvalue weighted by Gasteiger charge is 1.57. The molecule has 0 amide bonds. The third-order valence-corrected chi connectivity index (χ3v) is 0. The molecule has 37 valence electrons. The predicted molar refractivity (Wildman–Crippen MR) is 40.7 cm³/mol. The number of halogens is 2. The molecule has 0 aliphatic rings. The van der Waals surface area contributed by atoms with E-state index in [1.807, 2.05) is 6.92 Å². The highest BCUT2D eigenvalue weighted by Crippen LogP contribution is 1.77. The summed E-state index contributed by atoms with van der Waals surface area (Å²) in [4.78, 5) is 0. The fourth-order valence-corrected chi connectivity index (χ4v) is 0. The van der Waals surface area contributed by atoms with E-state index in [1.165, 1.54) is 0 Å². The summed E-state index contributed by atoms with van der Waals surface area (Å²) in [5, 5.41) is 0. The van der Waals surface area contributed by atoms with Crippen LogP contribution in [0.5, 0.6) is 0 Å². The minimum Gasteiger partial charge on any atom is -0.203 e. The van der Waals surface area contributed by atoms with Crippen molar-refractivity contribution in [2.45, 2.75) is 13.3 Å². The quantitative estimate of drug-likeness (QED) is 0.561. The highest BCUT2D eigenvalue weighted by atomic mass is 79.9. The van der Waals surface area contributed by atoms with E-state index in [4.69, 9.17) is 0 Å². The maximum Gasteiger partial charge on any atom is 0.435 e. The molecule has 1 radical (unpaired) electrons. The molecule has 0 aromatic rings. The minimum atomic E-state index is 0.0417. The predicted octanol–water partition coefficient (Wildman–Crippen LogP) is 2.27. The van der Waals surface area contributed by atoms with Gasteiger partial charge in [-0.3, -0.25) is 0 Å². The van der Waals surface area contributed by atoms with Gasteiger partial charge in [-0.1, -0.05) is 20.3 Å². The van der Waals surface area contributed by atoms with Crippen molar-refractivity contribution in [3.05, 3.63) is 6.92 Å². The summed E-state index contributed by atoms with van der Waals surface area (Å²) in [6, 6.07) is 0. The molecule has 0 saturated heterocycles. The Bertz CT molecular complexity index is 10.8. The molecule has 0 aromatic carbocycles. The lowest BCUT2D eigenvalue weighted by Gasteiger charge is -1.47. The van der Waals surface area contributed by atoms with Gasteiger partial charge >= 0.3 is 11.6 Å². The van der Waals surface area contributed by atoms with Crippen LogP contribution in [-0.4, -0.2) is 11.6 Å².